The molecular weight excluding hydrogens is 370 g/mol. The Morgan fingerprint density at radius 1 is 1.37 bits per heavy atom. The SMILES string of the molecule is COc1cc(/C=N\NC(=S)Nc2ccccc2[N+](=O)[O-])ccc1OCC#N. The number of ether oxygens (including phenoxy) is 2. The fraction of sp³-hybridized carbons (Fsp3) is 0.118. The summed E-state index contributed by atoms with van der Waals surface area (Å²) in [5.74, 6) is 0.896. The Labute approximate surface area is 160 Å². The molecule has 2 aromatic carbocycles. The molecule has 0 saturated heterocycles. The highest BCUT2D eigenvalue weighted by Gasteiger charge is 2.12. The number of para-hydroxylation sites is 2. The first-order valence-corrected chi connectivity index (χ1v) is 7.97. The molecule has 27 heavy (non-hydrogen) atoms. The van der Waals surface area contributed by atoms with Crippen LogP contribution in [0.5, 0.6) is 11.5 Å². The fourth-order valence-corrected chi connectivity index (χ4v) is 2.21. The summed E-state index contributed by atoms with van der Waals surface area (Å²) >= 11 is 5.08. The van der Waals surface area contributed by atoms with Gasteiger partial charge < -0.3 is 14.8 Å². The number of hydrogen-bond donors (Lipinski definition) is 2. The molecule has 0 aliphatic heterocycles. The number of nitrogens with one attached hydrogen (secondary N) is 2. The van der Waals surface area contributed by atoms with Crippen molar-refractivity contribution in [3.63, 3.8) is 0 Å². The minimum Gasteiger partial charge on any atom is -0.493 e. The molecule has 0 aliphatic carbocycles. The van der Waals surface area contributed by atoms with E-state index in [0.29, 0.717) is 17.1 Å². The minimum absolute atomic E-state index is 0.0864. The third-order valence-corrected chi connectivity index (χ3v) is 3.40. The monoisotopic (exact) mass is 385 g/mol. The first-order chi connectivity index (χ1) is 13.0. The number of hydrogen-bond acceptors (Lipinski definition) is 7. The lowest BCUT2D eigenvalue weighted by Gasteiger charge is -2.09. The van der Waals surface area contributed by atoms with Gasteiger partial charge in [-0.25, -0.2) is 0 Å². The summed E-state index contributed by atoms with van der Waals surface area (Å²) in [5.41, 5.74) is 3.44. The lowest BCUT2D eigenvalue weighted by molar-refractivity contribution is -0.383. The molecule has 10 heteroatoms. The van der Waals surface area contributed by atoms with Crippen molar-refractivity contribution in [2.24, 2.45) is 5.10 Å². The molecule has 9 nitrogen and oxygen atoms in total. The molecule has 0 aliphatic rings. The molecule has 0 spiro atoms. The summed E-state index contributed by atoms with van der Waals surface area (Å²) in [5, 5.41) is 26.4. The molecule has 0 unspecified atom stereocenters. The van der Waals surface area contributed by atoms with Gasteiger partial charge in [-0.2, -0.15) is 10.4 Å². The van der Waals surface area contributed by atoms with E-state index in [9.17, 15) is 10.1 Å². The van der Waals surface area contributed by atoms with Crippen LogP contribution in [-0.2, 0) is 0 Å². The van der Waals surface area contributed by atoms with Crippen LogP contribution in [0.15, 0.2) is 47.6 Å². The number of nitro groups is 1. The van der Waals surface area contributed by atoms with Gasteiger partial charge in [-0.1, -0.05) is 12.1 Å². The second-order valence-electron chi connectivity index (χ2n) is 4.96. The summed E-state index contributed by atoms with van der Waals surface area (Å²) < 4.78 is 10.4. The summed E-state index contributed by atoms with van der Waals surface area (Å²) in [6.07, 6.45) is 1.49. The maximum Gasteiger partial charge on any atom is 0.292 e. The Hall–Kier alpha value is -3.71. The van der Waals surface area contributed by atoms with Crippen LogP contribution in [0.3, 0.4) is 0 Å². The van der Waals surface area contributed by atoms with Gasteiger partial charge in [-0.05, 0) is 42.0 Å². The Kier molecular flexibility index (Phi) is 7.04. The van der Waals surface area contributed by atoms with Crippen molar-refractivity contribution in [1.82, 2.24) is 5.43 Å². The Bertz CT molecular complexity index is 910. The molecule has 0 saturated carbocycles. The highest BCUT2D eigenvalue weighted by molar-refractivity contribution is 7.80. The molecule has 0 radical (unpaired) electrons. The number of anilines is 1. The molecule has 2 rings (SSSR count). The molecule has 2 aromatic rings. The van der Waals surface area contributed by atoms with E-state index in [-0.39, 0.29) is 23.1 Å². The number of nitrogens with zero attached hydrogens (tertiary/aromatic N) is 3. The highest BCUT2D eigenvalue weighted by Crippen LogP contribution is 2.27. The van der Waals surface area contributed by atoms with Crippen LogP contribution in [0.2, 0.25) is 0 Å². The molecule has 0 amide bonds. The molecule has 2 N–H and O–H groups in total. The van der Waals surface area contributed by atoms with Crippen molar-refractivity contribution in [2.75, 3.05) is 19.0 Å². The summed E-state index contributed by atoms with van der Waals surface area (Å²) in [4.78, 5) is 10.5. The summed E-state index contributed by atoms with van der Waals surface area (Å²) in [7, 11) is 1.49. The molecule has 0 bridgehead atoms. The van der Waals surface area contributed by atoms with Crippen molar-refractivity contribution in [3.8, 4) is 17.6 Å². The van der Waals surface area contributed by atoms with E-state index in [1.807, 2.05) is 6.07 Å². The second kappa shape index (κ2) is 9.69. The number of nitro benzene ring substituents is 1. The van der Waals surface area contributed by atoms with Gasteiger partial charge in [-0.15, -0.1) is 0 Å². The van der Waals surface area contributed by atoms with Crippen LogP contribution in [0, 0.1) is 21.4 Å². The highest BCUT2D eigenvalue weighted by atomic mass is 32.1. The number of methoxy groups -OCH3 is 1. The van der Waals surface area contributed by atoms with E-state index in [4.69, 9.17) is 27.0 Å². The van der Waals surface area contributed by atoms with Gasteiger partial charge in [0.25, 0.3) is 5.69 Å². The van der Waals surface area contributed by atoms with Crippen molar-refractivity contribution in [3.05, 3.63) is 58.1 Å². The van der Waals surface area contributed by atoms with Gasteiger partial charge >= 0.3 is 0 Å². The van der Waals surface area contributed by atoms with E-state index < -0.39 is 4.92 Å². The number of nitriles is 1. The minimum atomic E-state index is -0.504. The van der Waals surface area contributed by atoms with Crippen LogP contribution in [0.1, 0.15) is 5.56 Å². The van der Waals surface area contributed by atoms with E-state index in [2.05, 4.69) is 15.8 Å². The normalized spacial score (nSPS) is 10.1. The van der Waals surface area contributed by atoms with Crippen molar-refractivity contribution >= 4 is 34.9 Å². The van der Waals surface area contributed by atoms with Gasteiger partial charge in [0, 0.05) is 6.07 Å². The van der Waals surface area contributed by atoms with E-state index in [1.54, 1.807) is 36.4 Å². The summed E-state index contributed by atoms with van der Waals surface area (Å²) in [6.45, 7) is -0.0864. The molecule has 0 fully saturated rings. The second-order valence-corrected chi connectivity index (χ2v) is 5.36. The van der Waals surface area contributed by atoms with Gasteiger partial charge in [0.15, 0.2) is 23.2 Å². The number of benzene rings is 2. The average molecular weight is 385 g/mol. The zero-order valence-electron chi connectivity index (χ0n) is 14.2. The largest absolute Gasteiger partial charge is 0.493 e. The standard InChI is InChI=1S/C17H15N5O4S/c1-25-16-10-12(6-7-15(16)26-9-8-18)11-19-21-17(27)20-13-4-2-3-5-14(13)22(23)24/h2-7,10-11H,9H2,1H3,(H2,20,21,27)/b19-11-. The smallest absolute Gasteiger partial charge is 0.292 e. The third-order valence-electron chi connectivity index (χ3n) is 3.21. The van der Waals surface area contributed by atoms with Crippen LogP contribution < -0.4 is 20.2 Å². The predicted octanol–water partition coefficient (Wildman–Crippen LogP) is 2.83. The van der Waals surface area contributed by atoms with Gasteiger partial charge in [0.1, 0.15) is 11.8 Å². The van der Waals surface area contributed by atoms with Crippen molar-refractivity contribution < 1.29 is 14.4 Å². The lowest BCUT2D eigenvalue weighted by atomic mass is 10.2. The molecule has 0 atom stereocenters. The van der Waals surface area contributed by atoms with Gasteiger partial charge in [-0.3, -0.25) is 15.5 Å². The maximum absolute atomic E-state index is 11.0. The van der Waals surface area contributed by atoms with Crippen LogP contribution in [-0.4, -0.2) is 30.0 Å². The van der Waals surface area contributed by atoms with Crippen molar-refractivity contribution in [2.45, 2.75) is 0 Å². The topological polar surface area (TPSA) is 122 Å². The van der Waals surface area contributed by atoms with E-state index >= 15 is 0 Å². The predicted molar refractivity (Wildman–Crippen MR) is 104 cm³/mol. The molecule has 138 valence electrons. The van der Waals surface area contributed by atoms with E-state index in [1.165, 1.54) is 19.4 Å². The van der Waals surface area contributed by atoms with Crippen LogP contribution >= 0.6 is 12.2 Å². The third kappa shape index (κ3) is 5.65. The quantitative estimate of drug-likeness (QED) is 0.323. The van der Waals surface area contributed by atoms with Crippen LogP contribution in [0.25, 0.3) is 0 Å². The average Bonchev–Trinajstić information content (AvgIpc) is 2.67. The Balaban J connectivity index is 2.00. The van der Waals surface area contributed by atoms with Crippen molar-refractivity contribution in [1.29, 1.82) is 5.26 Å². The number of thiocarbonyl (C=S) groups is 1. The van der Waals surface area contributed by atoms with E-state index in [0.717, 1.165) is 0 Å². The fourth-order valence-electron chi connectivity index (χ4n) is 2.05. The first-order valence-electron chi connectivity index (χ1n) is 7.56. The first kappa shape index (κ1) is 19.6. The van der Waals surface area contributed by atoms with Crippen LogP contribution in [0.4, 0.5) is 11.4 Å². The Morgan fingerprint density at radius 3 is 2.85 bits per heavy atom. The molecule has 0 heterocycles. The molecule has 0 aromatic heterocycles. The van der Waals surface area contributed by atoms with Gasteiger partial charge in [0.05, 0.1) is 18.2 Å². The summed E-state index contributed by atoms with van der Waals surface area (Å²) in [6, 6.07) is 13.1. The lowest BCUT2D eigenvalue weighted by Crippen LogP contribution is -2.24. The Morgan fingerprint density at radius 2 is 2.15 bits per heavy atom. The zero-order valence-corrected chi connectivity index (χ0v) is 15.0. The number of rotatable bonds is 7. The number of hydrazone groups is 1. The molecular formula is C17H15N5O4S. The maximum atomic E-state index is 11.0. The van der Waals surface area contributed by atoms with Gasteiger partial charge in [0.2, 0.25) is 0 Å². The zero-order chi connectivity index (χ0) is 19.6.